The maximum atomic E-state index is 11.1. The van der Waals surface area contributed by atoms with E-state index < -0.39 is 5.97 Å². The number of carbonyl (C=O) groups is 1. The van der Waals surface area contributed by atoms with Gasteiger partial charge in [0.15, 0.2) is 0 Å². The smallest absolute Gasteiger partial charge is 0.336 e. The van der Waals surface area contributed by atoms with E-state index in [1.165, 1.54) is 6.07 Å². The lowest BCUT2D eigenvalue weighted by atomic mass is 10.1. The van der Waals surface area contributed by atoms with Crippen LogP contribution in [-0.4, -0.2) is 18.2 Å². The van der Waals surface area contributed by atoms with Gasteiger partial charge < -0.3 is 14.6 Å². The molecule has 0 saturated carbocycles. The van der Waals surface area contributed by atoms with Crippen LogP contribution in [0.2, 0.25) is 0 Å². The normalized spacial score (nSPS) is 10.1. The zero-order valence-electron chi connectivity index (χ0n) is 11.4. The molecule has 0 radical (unpaired) electrons. The van der Waals surface area contributed by atoms with Gasteiger partial charge in [0, 0.05) is 0 Å². The minimum atomic E-state index is -0.950. The van der Waals surface area contributed by atoms with Crippen molar-refractivity contribution < 1.29 is 19.4 Å². The third-order valence-corrected chi connectivity index (χ3v) is 2.98. The molecule has 0 spiro atoms. The molecule has 0 saturated heterocycles. The Morgan fingerprint density at radius 2 is 1.95 bits per heavy atom. The summed E-state index contributed by atoms with van der Waals surface area (Å²) in [4.78, 5) is 11.1. The molecule has 0 unspecified atom stereocenters. The summed E-state index contributed by atoms with van der Waals surface area (Å²) in [6.07, 6.45) is 0. The van der Waals surface area contributed by atoms with E-state index in [-0.39, 0.29) is 5.56 Å². The van der Waals surface area contributed by atoms with Gasteiger partial charge in [-0.15, -0.1) is 0 Å². The van der Waals surface area contributed by atoms with Crippen LogP contribution in [0.15, 0.2) is 42.5 Å². The van der Waals surface area contributed by atoms with Crippen LogP contribution in [0.3, 0.4) is 0 Å². The highest BCUT2D eigenvalue weighted by molar-refractivity contribution is 5.89. The predicted molar refractivity (Wildman–Crippen MR) is 75.5 cm³/mol. The Morgan fingerprint density at radius 3 is 2.65 bits per heavy atom. The number of hydrogen-bond donors (Lipinski definition) is 1. The van der Waals surface area contributed by atoms with E-state index in [0.717, 1.165) is 11.3 Å². The largest absolute Gasteiger partial charge is 0.497 e. The van der Waals surface area contributed by atoms with Crippen molar-refractivity contribution in [3.63, 3.8) is 0 Å². The molecule has 0 atom stereocenters. The lowest BCUT2D eigenvalue weighted by Crippen LogP contribution is -2.01. The van der Waals surface area contributed by atoms with Gasteiger partial charge in [0.1, 0.15) is 18.1 Å². The van der Waals surface area contributed by atoms with Gasteiger partial charge in [-0.25, -0.2) is 4.79 Å². The van der Waals surface area contributed by atoms with Crippen molar-refractivity contribution in [3.05, 3.63) is 59.2 Å². The molecule has 4 heteroatoms. The lowest BCUT2D eigenvalue weighted by molar-refractivity contribution is 0.0695. The Morgan fingerprint density at radius 1 is 1.15 bits per heavy atom. The van der Waals surface area contributed by atoms with Crippen LogP contribution in [0.1, 0.15) is 21.5 Å². The zero-order valence-corrected chi connectivity index (χ0v) is 11.4. The Balaban J connectivity index is 2.10. The molecule has 2 aromatic carbocycles. The SMILES string of the molecule is COc1cccc(COc2ccc(C)c(C(=O)O)c2)c1. The van der Waals surface area contributed by atoms with Crippen LogP contribution >= 0.6 is 0 Å². The molecule has 1 N–H and O–H groups in total. The van der Waals surface area contributed by atoms with Crippen molar-refractivity contribution in [2.75, 3.05) is 7.11 Å². The molecule has 20 heavy (non-hydrogen) atoms. The lowest BCUT2D eigenvalue weighted by Gasteiger charge is -2.09. The van der Waals surface area contributed by atoms with E-state index in [0.29, 0.717) is 17.9 Å². The first-order valence-corrected chi connectivity index (χ1v) is 6.20. The third-order valence-electron chi connectivity index (χ3n) is 2.98. The number of ether oxygens (including phenoxy) is 2. The standard InChI is InChI=1S/C16H16O4/c1-11-6-7-14(9-15(11)16(17)18)20-10-12-4-3-5-13(8-12)19-2/h3-9H,10H2,1-2H3,(H,17,18). The minimum Gasteiger partial charge on any atom is -0.497 e. The van der Waals surface area contributed by atoms with Gasteiger partial charge in [0.05, 0.1) is 12.7 Å². The average molecular weight is 272 g/mol. The Bertz CT molecular complexity index is 620. The second-order valence-electron chi connectivity index (χ2n) is 4.42. The van der Waals surface area contributed by atoms with Gasteiger partial charge in [-0.3, -0.25) is 0 Å². The van der Waals surface area contributed by atoms with Crippen LogP contribution in [0.4, 0.5) is 0 Å². The third kappa shape index (κ3) is 3.29. The molecule has 0 fully saturated rings. The first kappa shape index (κ1) is 13.9. The molecule has 0 aliphatic heterocycles. The molecule has 0 aliphatic carbocycles. The Kier molecular flexibility index (Phi) is 4.25. The van der Waals surface area contributed by atoms with Crippen LogP contribution in [0.5, 0.6) is 11.5 Å². The maximum absolute atomic E-state index is 11.1. The quantitative estimate of drug-likeness (QED) is 0.907. The topological polar surface area (TPSA) is 55.8 Å². The average Bonchev–Trinajstić information content (AvgIpc) is 2.46. The summed E-state index contributed by atoms with van der Waals surface area (Å²) in [5.41, 5.74) is 1.93. The number of benzene rings is 2. The molecule has 104 valence electrons. The summed E-state index contributed by atoms with van der Waals surface area (Å²) in [7, 11) is 1.61. The molecular weight excluding hydrogens is 256 g/mol. The fourth-order valence-corrected chi connectivity index (χ4v) is 1.85. The first-order chi connectivity index (χ1) is 9.60. The maximum Gasteiger partial charge on any atom is 0.336 e. The van der Waals surface area contributed by atoms with E-state index in [1.807, 2.05) is 24.3 Å². The highest BCUT2D eigenvalue weighted by atomic mass is 16.5. The van der Waals surface area contributed by atoms with Crippen LogP contribution in [-0.2, 0) is 6.61 Å². The second-order valence-corrected chi connectivity index (χ2v) is 4.42. The molecule has 4 nitrogen and oxygen atoms in total. The van der Waals surface area contributed by atoms with Crippen LogP contribution in [0, 0.1) is 6.92 Å². The highest BCUT2D eigenvalue weighted by Crippen LogP contribution is 2.20. The number of methoxy groups -OCH3 is 1. The summed E-state index contributed by atoms with van der Waals surface area (Å²) in [6, 6.07) is 12.6. The summed E-state index contributed by atoms with van der Waals surface area (Å²) in [5.74, 6) is 0.353. The zero-order chi connectivity index (χ0) is 14.5. The molecule has 0 aliphatic rings. The molecule has 0 aromatic heterocycles. The number of rotatable bonds is 5. The number of aromatic carboxylic acids is 1. The van der Waals surface area contributed by atoms with E-state index in [4.69, 9.17) is 14.6 Å². The molecule has 0 amide bonds. The van der Waals surface area contributed by atoms with E-state index in [1.54, 1.807) is 26.2 Å². The number of aryl methyl sites for hydroxylation is 1. The highest BCUT2D eigenvalue weighted by Gasteiger charge is 2.08. The number of hydrogen-bond acceptors (Lipinski definition) is 3. The van der Waals surface area contributed by atoms with E-state index in [2.05, 4.69) is 0 Å². The molecule has 2 aromatic rings. The van der Waals surface area contributed by atoms with Gasteiger partial charge in [0.2, 0.25) is 0 Å². The van der Waals surface area contributed by atoms with Crippen molar-refractivity contribution in [2.24, 2.45) is 0 Å². The Labute approximate surface area is 117 Å². The van der Waals surface area contributed by atoms with Gasteiger partial charge in [0.25, 0.3) is 0 Å². The van der Waals surface area contributed by atoms with Crippen molar-refractivity contribution in [3.8, 4) is 11.5 Å². The Hall–Kier alpha value is -2.49. The predicted octanol–water partition coefficient (Wildman–Crippen LogP) is 3.28. The minimum absolute atomic E-state index is 0.258. The number of carboxylic acid groups (broad SMARTS) is 1. The van der Waals surface area contributed by atoms with Gasteiger partial charge in [-0.2, -0.15) is 0 Å². The van der Waals surface area contributed by atoms with Crippen molar-refractivity contribution >= 4 is 5.97 Å². The van der Waals surface area contributed by atoms with Crippen molar-refractivity contribution in [2.45, 2.75) is 13.5 Å². The van der Waals surface area contributed by atoms with Crippen LogP contribution < -0.4 is 9.47 Å². The van der Waals surface area contributed by atoms with Gasteiger partial charge in [-0.05, 0) is 42.3 Å². The van der Waals surface area contributed by atoms with E-state index >= 15 is 0 Å². The van der Waals surface area contributed by atoms with Gasteiger partial charge in [-0.1, -0.05) is 18.2 Å². The van der Waals surface area contributed by atoms with E-state index in [9.17, 15) is 4.79 Å². The molecule has 2 rings (SSSR count). The van der Waals surface area contributed by atoms with Gasteiger partial charge >= 0.3 is 5.97 Å². The van der Waals surface area contributed by atoms with Crippen LogP contribution in [0.25, 0.3) is 0 Å². The summed E-state index contributed by atoms with van der Waals surface area (Å²) in [5, 5.41) is 9.07. The van der Waals surface area contributed by atoms with Crippen molar-refractivity contribution in [1.29, 1.82) is 0 Å². The van der Waals surface area contributed by atoms with Crippen molar-refractivity contribution in [1.82, 2.24) is 0 Å². The summed E-state index contributed by atoms with van der Waals surface area (Å²) < 4.78 is 10.8. The number of carboxylic acids is 1. The fraction of sp³-hybridized carbons (Fsp3) is 0.188. The molecule has 0 bridgehead atoms. The second kappa shape index (κ2) is 6.10. The summed E-state index contributed by atoms with van der Waals surface area (Å²) in [6.45, 7) is 2.12. The molecular formula is C16H16O4. The molecule has 0 heterocycles. The summed E-state index contributed by atoms with van der Waals surface area (Å²) >= 11 is 0. The fourth-order valence-electron chi connectivity index (χ4n) is 1.85. The monoisotopic (exact) mass is 272 g/mol. The first-order valence-electron chi connectivity index (χ1n) is 6.20.